The smallest absolute Gasteiger partial charge is 0.410 e. The third kappa shape index (κ3) is 6.79. The molecule has 182 valence electrons. The number of likely N-dealkylation sites (tertiary alicyclic amines) is 1. The first kappa shape index (κ1) is 25.7. The minimum absolute atomic E-state index is 0.00368. The minimum Gasteiger partial charge on any atom is -0.444 e. The van der Waals surface area contributed by atoms with Crippen LogP contribution in [0.2, 0.25) is 0 Å². The molecule has 3 rings (SSSR count). The van der Waals surface area contributed by atoms with Gasteiger partial charge < -0.3 is 4.74 Å². The molecule has 1 aliphatic heterocycles. The molecule has 2 aromatic carbocycles. The molecular weight excluding hydrogens is 454 g/mol. The standard InChI is InChI=1S/C25H31N3O5S/c1-18-11-13-21(14-12-18)34(30,31)33-20-15-22(28(17-20)24(29)32-25(2,3)4)23(26-5)27-16-19-9-7-6-8-10-19/h6-14,20,22-23,27H,15-17H2,1-4H3/t20-,22+,23?/m1/s1. The van der Waals surface area contributed by atoms with Crippen LogP contribution in [0.4, 0.5) is 4.79 Å². The van der Waals surface area contributed by atoms with Gasteiger partial charge in [-0.15, -0.1) is 0 Å². The maximum absolute atomic E-state index is 13.0. The largest absolute Gasteiger partial charge is 0.444 e. The molecule has 2 aromatic rings. The highest BCUT2D eigenvalue weighted by Gasteiger charge is 2.46. The molecule has 1 aliphatic rings. The molecule has 34 heavy (non-hydrogen) atoms. The zero-order valence-corrected chi connectivity index (χ0v) is 20.7. The van der Waals surface area contributed by atoms with Gasteiger partial charge in [-0.2, -0.15) is 8.42 Å². The van der Waals surface area contributed by atoms with Gasteiger partial charge in [0, 0.05) is 13.0 Å². The number of amides is 1. The molecule has 8 nitrogen and oxygen atoms in total. The van der Waals surface area contributed by atoms with E-state index in [9.17, 15) is 13.2 Å². The molecule has 0 spiro atoms. The molecule has 1 fully saturated rings. The monoisotopic (exact) mass is 485 g/mol. The van der Waals surface area contributed by atoms with Gasteiger partial charge in [-0.1, -0.05) is 48.0 Å². The molecule has 1 amide bonds. The fraction of sp³-hybridized carbons (Fsp3) is 0.440. The molecule has 9 heteroatoms. The summed E-state index contributed by atoms with van der Waals surface area (Å²) >= 11 is 0. The van der Waals surface area contributed by atoms with Crippen LogP contribution in [-0.4, -0.2) is 49.9 Å². The fourth-order valence-corrected chi connectivity index (χ4v) is 4.83. The number of benzene rings is 2. The van der Waals surface area contributed by atoms with Crippen molar-refractivity contribution in [1.29, 1.82) is 0 Å². The predicted octanol–water partition coefficient (Wildman–Crippen LogP) is 4.11. The molecule has 0 aliphatic carbocycles. The maximum Gasteiger partial charge on any atom is 0.410 e. The van der Waals surface area contributed by atoms with E-state index >= 15 is 0 Å². The fourth-order valence-electron chi connectivity index (χ4n) is 3.75. The highest BCUT2D eigenvalue weighted by molar-refractivity contribution is 7.86. The van der Waals surface area contributed by atoms with E-state index in [1.165, 1.54) is 17.0 Å². The lowest BCUT2D eigenvalue weighted by molar-refractivity contribution is 0.0195. The van der Waals surface area contributed by atoms with Crippen LogP contribution in [0.5, 0.6) is 0 Å². The summed E-state index contributed by atoms with van der Waals surface area (Å²) in [5.41, 5.74) is 1.19. The Balaban J connectivity index is 1.79. The summed E-state index contributed by atoms with van der Waals surface area (Å²) in [6.45, 7) is 15.3. The summed E-state index contributed by atoms with van der Waals surface area (Å²) in [7, 11) is -4.03. The minimum atomic E-state index is -4.03. The second-order valence-corrected chi connectivity index (χ2v) is 10.9. The van der Waals surface area contributed by atoms with E-state index in [2.05, 4.69) is 10.2 Å². The van der Waals surface area contributed by atoms with E-state index in [0.29, 0.717) is 6.54 Å². The lowest BCUT2D eigenvalue weighted by Gasteiger charge is -2.28. The van der Waals surface area contributed by atoms with Crippen molar-refractivity contribution >= 4 is 16.2 Å². The van der Waals surface area contributed by atoms with Crippen LogP contribution in [-0.2, 0) is 25.6 Å². The van der Waals surface area contributed by atoms with Crippen LogP contribution in [0.1, 0.15) is 38.3 Å². The first-order valence-corrected chi connectivity index (χ1v) is 12.5. The Hall–Kier alpha value is -2.93. The molecule has 1 unspecified atom stereocenters. The Morgan fingerprint density at radius 1 is 1.18 bits per heavy atom. The van der Waals surface area contributed by atoms with Crippen LogP contribution in [0, 0.1) is 13.5 Å². The topological polar surface area (TPSA) is 89.3 Å². The van der Waals surface area contributed by atoms with Gasteiger partial charge in [0.15, 0.2) is 0 Å². The SMILES string of the molecule is [C-]#[N+]C(NCc1ccccc1)[C@@H]1C[C@@H](OS(=O)(=O)c2ccc(C)cc2)CN1C(=O)OC(C)(C)C. The van der Waals surface area contributed by atoms with Crippen LogP contribution in [0.15, 0.2) is 59.5 Å². The molecule has 3 atom stereocenters. The van der Waals surface area contributed by atoms with E-state index in [4.69, 9.17) is 15.5 Å². The second kappa shape index (κ2) is 10.6. The number of aryl methyl sites for hydroxylation is 1. The molecule has 0 saturated carbocycles. The summed E-state index contributed by atoms with van der Waals surface area (Å²) in [5, 5.41) is 3.19. The molecule has 1 saturated heterocycles. The lowest BCUT2D eigenvalue weighted by atomic mass is 10.1. The molecular formula is C25H31N3O5S. The van der Waals surface area contributed by atoms with Crippen molar-refractivity contribution < 1.29 is 22.1 Å². The third-order valence-electron chi connectivity index (χ3n) is 5.37. The average molecular weight is 486 g/mol. The molecule has 1 N–H and O–H groups in total. The van der Waals surface area contributed by atoms with Crippen LogP contribution in [0.3, 0.4) is 0 Å². The van der Waals surface area contributed by atoms with Crippen molar-refractivity contribution in [2.24, 2.45) is 0 Å². The number of rotatable bonds is 7. The molecule has 0 radical (unpaired) electrons. The summed E-state index contributed by atoms with van der Waals surface area (Å²) in [4.78, 5) is 18.1. The van der Waals surface area contributed by atoms with Crippen molar-refractivity contribution in [2.45, 2.75) is 69.5 Å². The first-order valence-electron chi connectivity index (χ1n) is 11.1. The Bertz CT molecular complexity index is 1120. The first-order chi connectivity index (χ1) is 16.0. The predicted molar refractivity (Wildman–Crippen MR) is 128 cm³/mol. The summed E-state index contributed by atoms with van der Waals surface area (Å²) in [5.74, 6) is 0. The summed E-state index contributed by atoms with van der Waals surface area (Å²) < 4.78 is 36.7. The number of carbonyl (C=O) groups is 1. The molecule has 0 aromatic heterocycles. The van der Waals surface area contributed by atoms with Gasteiger partial charge in [0.1, 0.15) is 11.6 Å². The van der Waals surface area contributed by atoms with E-state index in [1.54, 1.807) is 32.9 Å². The molecule has 1 heterocycles. The number of carbonyl (C=O) groups excluding carboxylic acids is 1. The Morgan fingerprint density at radius 2 is 1.82 bits per heavy atom. The Labute approximate surface area is 201 Å². The van der Waals surface area contributed by atoms with Gasteiger partial charge in [0.05, 0.1) is 17.5 Å². The van der Waals surface area contributed by atoms with Crippen molar-refractivity contribution in [3.63, 3.8) is 0 Å². The van der Waals surface area contributed by atoms with E-state index in [1.807, 2.05) is 37.3 Å². The van der Waals surface area contributed by atoms with Crippen molar-refractivity contribution in [3.8, 4) is 0 Å². The van der Waals surface area contributed by atoms with Crippen LogP contribution < -0.4 is 5.32 Å². The number of hydrogen-bond acceptors (Lipinski definition) is 6. The number of ether oxygens (including phenoxy) is 1. The summed E-state index contributed by atoms with van der Waals surface area (Å²) in [6, 6.07) is 15.4. The maximum atomic E-state index is 13.0. The van der Waals surface area contributed by atoms with E-state index in [-0.39, 0.29) is 17.9 Å². The Morgan fingerprint density at radius 3 is 2.41 bits per heavy atom. The summed E-state index contributed by atoms with van der Waals surface area (Å²) in [6.07, 6.45) is -1.99. The van der Waals surface area contributed by atoms with E-state index in [0.717, 1.165) is 11.1 Å². The highest BCUT2D eigenvalue weighted by atomic mass is 32.2. The van der Waals surface area contributed by atoms with Gasteiger partial charge in [-0.3, -0.25) is 13.9 Å². The normalized spacial score (nSPS) is 19.4. The Kier molecular flexibility index (Phi) is 7.97. The zero-order valence-electron chi connectivity index (χ0n) is 19.9. The lowest BCUT2D eigenvalue weighted by Crippen LogP contribution is -2.48. The van der Waals surface area contributed by atoms with E-state index < -0.39 is 40.1 Å². The highest BCUT2D eigenvalue weighted by Crippen LogP contribution is 2.29. The zero-order chi connectivity index (χ0) is 24.9. The number of nitrogens with zero attached hydrogens (tertiary/aromatic N) is 2. The van der Waals surface area contributed by atoms with Gasteiger partial charge in [-0.05, 0) is 45.4 Å². The van der Waals surface area contributed by atoms with Crippen molar-refractivity contribution in [1.82, 2.24) is 10.2 Å². The number of hydrogen-bond donors (Lipinski definition) is 1. The molecule has 0 bridgehead atoms. The van der Waals surface area contributed by atoms with Crippen molar-refractivity contribution in [2.75, 3.05) is 6.54 Å². The van der Waals surface area contributed by atoms with Gasteiger partial charge in [-0.25, -0.2) is 16.7 Å². The van der Waals surface area contributed by atoms with Gasteiger partial charge in [0.2, 0.25) is 0 Å². The quantitative estimate of drug-likeness (QED) is 0.469. The van der Waals surface area contributed by atoms with Crippen LogP contribution in [0.25, 0.3) is 4.85 Å². The van der Waals surface area contributed by atoms with Crippen molar-refractivity contribution in [3.05, 3.63) is 77.1 Å². The number of nitrogens with one attached hydrogen (secondary N) is 1. The average Bonchev–Trinajstić information content (AvgIpc) is 3.17. The van der Waals surface area contributed by atoms with Crippen LogP contribution >= 0.6 is 0 Å². The second-order valence-electron chi connectivity index (χ2n) is 9.36. The van der Waals surface area contributed by atoms with Gasteiger partial charge in [0.25, 0.3) is 16.3 Å². The third-order valence-corrected chi connectivity index (χ3v) is 6.74. The van der Waals surface area contributed by atoms with Gasteiger partial charge >= 0.3 is 6.09 Å².